The Morgan fingerprint density at radius 1 is 1.17 bits per heavy atom. The molecule has 0 unspecified atom stereocenters. The summed E-state index contributed by atoms with van der Waals surface area (Å²) < 4.78 is 13.5. The van der Waals surface area contributed by atoms with Gasteiger partial charge in [-0.1, -0.05) is 36.4 Å². The molecule has 3 rings (SSSR count). The number of H-pyrrole nitrogens is 1. The fourth-order valence-electron chi connectivity index (χ4n) is 2.69. The van der Waals surface area contributed by atoms with Gasteiger partial charge in [-0.05, 0) is 24.6 Å². The lowest BCUT2D eigenvalue weighted by Gasteiger charge is -2.06. The van der Waals surface area contributed by atoms with Crippen molar-refractivity contribution in [2.75, 3.05) is 12.3 Å². The fraction of sp³-hybridized carbons (Fsp3) is 0.211. The van der Waals surface area contributed by atoms with Crippen LogP contribution in [0.2, 0.25) is 0 Å². The number of aromatic nitrogens is 1. The summed E-state index contributed by atoms with van der Waals surface area (Å²) >= 11 is 1.61. The number of fused-ring (bicyclic) bond motifs is 1. The summed E-state index contributed by atoms with van der Waals surface area (Å²) in [5.74, 6) is 1.09. The molecule has 0 saturated carbocycles. The van der Waals surface area contributed by atoms with Crippen molar-refractivity contribution >= 4 is 28.6 Å². The molecule has 1 aromatic heterocycles. The number of rotatable bonds is 6. The molecule has 0 radical (unpaired) electrons. The van der Waals surface area contributed by atoms with Crippen molar-refractivity contribution in [3.8, 4) is 0 Å². The molecule has 3 nitrogen and oxygen atoms in total. The lowest BCUT2D eigenvalue weighted by molar-refractivity contribution is 0.0957. The van der Waals surface area contributed by atoms with E-state index in [-0.39, 0.29) is 11.7 Å². The van der Waals surface area contributed by atoms with Crippen LogP contribution in [0.25, 0.3) is 10.9 Å². The first-order valence-electron chi connectivity index (χ1n) is 7.83. The van der Waals surface area contributed by atoms with Gasteiger partial charge in [0.2, 0.25) is 0 Å². The van der Waals surface area contributed by atoms with Crippen molar-refractivity contribution in [1.82, 2.24) is 10.3 Å². The first-order chi connectivity index (χ1) is 11.7. The van der Waals surface area contributed by atoms with Crippen molar-refractivity contribution in [2.24, 2.45) is 0 Å². The molecule has 2 aromatic carbocycles. The third-order valence-corrected chi connectivity index (χ3v) is 4.88. The SMILES string of the molecule is Cc1[nH]c2ccccc2c1C(=O)NCCSCc1ccccc1F. The summed E-state index contributed by atoms with van der Waals surface area (Å²) in [6, 6.07) is 14.6. The second-order valence-electron chi connectivity index (χ2n) is 5.57. The van der Waals surface area contributed by atoms with Gasteiger partial charge in [-0.15, -0.1) is 0 Å². The van der Waals surface area contributed by atoms with Crippen LogP contribution in [0.3, 0.4) is 0 Å². The molecule has 0 fully saturated rings. The fourth-order valence-corrected chi connectivity index (χ4v) is 3.54. The number of nitrogens with one attached hydrogen (secondary N) is 2. The molecule has 1 amide bonds. The molecule has 0 aliphatic heterocycles. The third kappa shape index (κ3) is 3.62. The average molecular weight is 342 g/mol. The van der Waals surface area contributed by atoms with Gasteiger partial charge in [0.1, 0.15) is 5.82 Å². The highest BCUT2D eigenvalue weighted by Crippen LogP contribution is 2.21. The Bertz CT molecular complexity index is 859. The molecule has 0 saturated heterocycles. The number of hydrogen-bond acceptors (Lipinski definition) is 2. The summed E-state index contributed by atoms with van der Waals surface area (Å²) in [6.07, 6.45) is 0. The van der Waals surface area contributed by atoms with Crippen molar-refractivity contribution in [1.29, 1.82) is 0 Å². The van der Waals surface area contributed by atoms with E-state index in [9.17, 15) is 9.18 Å². The molecule has 0 spiro atoms. The molecule has 124 valence electrons. The first-order valence-corrected chi connectivity index (χ1v) is 8.99. The number of benzene rings is 2. The molecule has 1 heterocycles. The molecule has 0 aliphatic rings. The molecule has 5 heteroatoms. The average Bonchev–Trinajstić information content (AvgIpc) is 2.91. The van der Waals surface area contributed by atoms with E-state index >= 15 is 0 Å². The number of carbonyl (C=O) groups excluding carboxylic acids is 1. The first kappa shape index (κ1) is 16.6. The van der Waals surface area contributed by atoms with E-state index in [1.807, 2.05) is 37.3 Å². The minimum absolute atomic E-state index is 0.0727. The number of para-hydroxylation sites is 1. The number of carbonyl (C=O) groups is 1. The number of halogens is 1. The van der Waals surface area contributed by atoms with Crippen molar-refractivity contribution in [2.45, 2.75) is 12.7 Å². The Morgan fingerprint density at radius 3 is 2.75 bits per heavy atom. The minimum atomic E-state index is -0.177. The van der Waals surface area contributed by atoms with Crippen LogP contribution < -0.4 is 5.32 Å². The van der Waals surface area contributed by atoms with E-state index in [4.69, 9.17) is 0 Å². The summed E-state index contributed by atoms with van der Waals surface area (Å²) in [4.78, 5) is 15.7. The van der Waals surface area contributed by atoms with Crippen molar-refractivity contribution in [3.05, 3.63) is 71.2 Å². The van der Waals surface area contributed by atoms with Gasteiger partial charge in [0.05, 0.1) is 5.56 Å². The second kappa shape index (κ2) is 7.53. The van der Waals surface area contributed by atoms with Gasteiger partial charge < -0.3 is 10.3 Å². The number of thioether (sulfide) groups is 1. The van der Waals surface area contributed by atoms with Gasteiger partial charge in [-0.3, -0.25) is 4.79 Å². The highest BCUT2D eigenvalue weighted by Gasteiger charge is 2.15. The maximum atomic E-state index is 13.5. The topological polar surface area (TPSA) is 44.9 Å². The summed E-state index contributed by atoms with van der Waals surface area (Å²) in [5, 5.41) is 3.88. The van der Waals surface area contributed by atoms with Crippen LogP contribution >= 0.6 is 11.8 Å². The number of hydrogen-bond donors (Lipinski definition) is 2. The smallest absolute Gasteiger partial charge is 0.253 e. The van der Waals surface area contributed by atoms with Crippen LogP contribution in [-0.2, 0) is 5.75 Å². The molecular formula is C19H19FN2OS. The second-order valence-corrected chi connectivity index (χ2v) is 6.68. The number of amides is 1. The number of aromatic amines is 1. The molecule has 0 atom stereocenters. The Kier molecular flexibility index (Phi) is 5.20. The predicted molar refractivity (Wildman–Crippen MR) is 97.9 cm³/mol. The lowest BCUT2D eigenvalue weighted by atomic mass is 10.1. The maximum absolute atomic E-state index is 13.5. The Morgan fingerprint density at radius 2 is 1.92 bits per heavy atom. The van der Waals surface area contributed by atoms with Crippen LogP contribution in [0.1, 0.15) is 21.6 Å². The Labute approximate surface area is 144 Å². The highest BCUT2D eigenvalue weighted by atomic mass is 32.2. The van der Waals surface area contributed by atoms with Gasteiger partial charge in [0.25, 0.3) is 5.91 Å². The van der Waals surface area contributed by atoms with Crippen LogP contribution in [0.4, 0.5) is 4.39 Å². The van der Waals surface area contributed by atoms with E-state index < -0.39 is 0 Å². The van der Waals surface area contributed by atoms with Gasteiger partial charge >= 0.3 is 0 Å². The maximum Gasteiger partial charge on any atom is 0.253 e. The zero-order chi connectivity index (χ0) is 16.9. The largest absolute Gasteiger partial charge is 0.358 e. The Balaban J connectivity index is 1.52. The standard InChI is InChI=1S/C19H19FN2OS/c1-13-18(15-7-3-5-9-17(15)22-13)19(23)21-10-11-24-12-14-6-2-4-8-16(14)20/h2-9,22H,10-12H2,1H3,(H,21,23). The van der Waals surface area contributed by atoms with E-state index in [1.165, 1.54) is 6.07 Å². The van der Waals surface area contributed by atoms with Crippen LogP contribution in [-0.4, -0.2) is 23.2 Å². The summed E-state index contributed by atoms with van der Waals surface area (Å²) in [5.41, 5.74) is 3.23. The third-order valence-electron chi connectivity index (χ3n) is 3.87. The van der Waals surface area contributed by atoms with Crippen molar-refractivity contribution < 1.29 is 9.18 Å². The molecule has 0 bridgehead atoms. The molecular weight excluding hydrogens is 323 g/mol. The predicted octanol–water partition coefficient (Wildman–Crippen LogP) is 4.28. The quantitative estimate of drug-likeness (QED) is 0.657. The monoisotopic (exact) mass is 342 g/mol. The van der Waals surface area contributed by atoms with Gasteiger partial charge in [-0.25, -0.2) is 4.39 Å². The van der Waals surface area contributed by atoms with Crippen LogP contribution in [0, 0.1) is 12.7 Å². The number of aryl methyl sites for hydroxylation is 1. The summed E-state index contributed by atoms with van der Waals surface area (Å²) in [7, 11) is 0. The van der Waals surface area contributed by atoms with Crippen molar-refractivity contribution in [3.63, 3.8) is 0 Å². The molecule has 3 aromatic rings. The lowest BCUT2D eigenvalue weighted by Crippen LogP contribution is -2.26. The zero-order valence-electron chi connectivity index (χ0n) is 13.4. The minimum Gasteiger partial charge on any atom is -0.358 e. The van der Waals surface area contributed by atoms with E-state index in [0.717, 1.165) is 22.3 Å². The highest BCUT2D eigenvalue weighted by molar-refractivity contribution is 7.98. The van der Waals surface area contributed by atoms with Gasteiger partial charge in [0.15, 0.2) is 0 Å². The van der Waals surface area contributed by atoms with Crippen LogP contribution in [0.5, 0.6) is 0 Å². The molecule has 0 aliphatic carbocycles. The van der Waals surface area contributed by atoms with Gasteiger partial charge in [-0.2, -0.15) is 11.8 Å². The molecule has 2 N–H and O–H groups in total. The van der Waals surface area contributed by atoms with Gasteiger partial charge in [0, 0.05) is 34.6 Å². The summed E-state index contributed by atoms with van der Waals surface area (Å²) in [6.45, 7) is 2.46. The Hall–Kier alpha value is -2.27. The van der Waals surface area contributed by atoms with E-state index in [2.05, 4.69) is 10.3 Å². The van der Waals surface area contributed by atoms with E-state index in [1.54, 1.807) is 23.9 Å². The normalized spacial score (nSPS) is 10.9. The van der Waals surface area contributed by atoms with Crippen LogP contribution in [0.15, 0.2) is 48.5 Å². The molecule has 24 heavy (non-hydrogen) atoms. The zero-order valence-corrected chi connectivity index (χ0v) is 14.3. The van der Waals surface area contributed by atoms with E-state index in [0.29, 0.717) is 23.4 Å².